The molecule has 1 unspecified atom stereocenters. The monoisotopic (exact) mass is 167 g/mol. The molecule has 0 aliphatic heterocycles. The summed E-state index contributed by atoms with van der Waals surface area (Å²) in [5, 5.41) is 0. The highest BCUT2D eigenvalue weighted by atomic mass is 16.5. The van der Waals surface area contributed by atoms with Crippen LogP contribution in [0.3, 0.4) is 0 Å². The Kier molecular flexibility index (Phi) is 3.50. The summed E-state index contributed by atoms with van der Waals surface area (Å²) in [6, 6.07) is 0. The summed E-state index contributed by atoms with van der Waals surface area (Å²) in [5.41, 5.74) is -0.243. The van der Waals surface area contributed by atoms with E-state index in [1.165, 1.54) is 0 Å². The Morgan fingerprint density at radius 3 is 2.58 bits per heavy atom. The number of hydrogen-bond acceptors (Lipinski definition) is 2. The van der Waals surface area contributed by atoms with Gasteiger partial charge >= 0.3 is 0 Å². The van der Waals surface area contributed by atoms with E-state index < -0.39 is 0 Å². The third kappa shape index (κ3) is 2.80. The molecule has 1 aliphatic carbocycles. The van der Waals surface area contributed by atoms with E-state index in [0.717, 1.165) is 0 Å². The van der Waals surface area contributed by atoms with Gasteiger partial charge in [-0.1, -0.05) is 24.3 Å². The molecule has 1 atom stereocenters. The zero-order valence-electron chi connectivity index (χ0n) is 7.62. The Labute approximate surface area is 73.9 Å². The minimum absolute atomic E-state index is 0.243. The molecule has 67 valence electrons. The lowest BCUT2D eigenvalue weighted by Crippen LogP contribution is -2.28. The zero-order valence-corrected chi connectivity index (χ0v) is 7.62. The normalized spacial score (nSPS) is 27.8. The summed E-state index contributed by atoms with van der Waals surface area (Å²) in [5.74, 6) is 0. The van der Waals surface area contributed by atoms with Gasteiger partial charge in [-0.25, -0.2) is 0 Å². The molecule has 0 N–H and O–H groups in total. The molecular formula is C10H15O2. The molecule has 0 bridgehead atoms. The smallest absolute Gasteiger partial charge is 0.0907 e. The molecule has 0 spiro atoms. The maximum Gasteiger partial charge on any atom is 0.0907 e. The van der Waals surface area contributed by atoms with Crippen molar-refractivity contribution >= 4 is 0 Å². The van der Waals surface area contributed by atoms with Crippen molar-refractivity contribution < 1.29 is 9.47 Å². The molecule has 0 fully saturated rings. The van der Waals surface area contributed by atoms with Crippen LogP contribution in [-0.4, -0.2) is 25.9 Å². The third-order valence-corrected chi connectivity index (χ3v) is 1.78. The first-order valence-electron chi connectivity index (χ1n) is 4.10. The molecule has 0 aromatic heterocycles. The first kappa shape index (κ1) is 9.49. The quantitative estimate of drug-likeness (QED) is 0.594. The van der Waals surface area contributed by atoms with Crippen LogP contribution in [0.4, 0.5) is 0 Å². The van der Waals surface area contributed by atoms with Gasteiger partial charge in [0.2, 0.25) is 0 Å². The number of ether oxygens (including phenoxy) is 2. The second-order valence-corrected chi connectivity index (χ2v) is 2.94. The average Bonchev–Trinajstić information content (AvgIpc) is 2.06. The summed E-state index contributed by atoms with van der Waals surface area (Å²) in [6.07, 6.45) is 10.0. The van der Waals surface area contributed by atoms with E-state index in [1.807, 2.05) is 37.6 Å². The summed E-state index contributed by atoms with van der Waals surface area (Å²) < 4.78 is 10.5. The second-order valence-electron chi connectivity index (χ2n) is 2.94. The van der Waals surface area contributed by atoms with E-state index in [0.29, 0.717) is 13.2 Å². The molecule has 1 aliphatic rings. The van der Waals surface area contributed by atoms with Crippen molar-refractivity contribution in [3.63, 3.8) is 0 Å². The van der Waals surface area contributed by atoms with Gasteiger partial charge < -0.3 is 9.47 Å². The highest BCUT2D eigenvalue weighted by Gasteiger charge is 2.21. The Bertz CT molecular complexity index is 184. The van der Waals surface area contributed by atoms with Gasteiger partial charge in [-0.05, 0) is 6.92 Å². The predicted molar refractivity (Wildman–Crippen MR) is 48.8 cm³/mol. The molecule has 2 nitrogen and oxygen atoms in total. The lowest BCUT2D eigenvalue weighted by molar-refractivity contribution is 0.000516. The topological polar surface area (TPSA) is 18.5 Å². The van der Waals surface area contributed by atoms with Crippen LogP contribution in [0.1, 0.15) is 6.92 Å². The Balaban J connectivity index is 2.29. The molecule has 0 amide bonds. The van der Waals surface area contributed by atoms with E-state index in [-0.39, 0.29) is 5.60 Å². The number of hydrogen-bond donors (Lipinski definition) is 0. The first-order chi connectivity index (χ1) is 5.77. The van der Waals surface area contributed by atoms with Crippen molar-refractivity contribution in [2.24, 2.45) is 0 Å². The van der Waals surface area contributed by atoms with Crippen molar-refractivity contribution in [3.05, 3.63) is 30.7 Å². The van der Waals surface area contributed by atoms with Crippen LogP contribution in [0, 0.1) is 6.42 Å². The van der Waals surface area contributed by atoms with E-state index in [9.17, 15) is 0 Å². The van der Waals surface area contributed by atoms with Crippen molar-refractivity contribution in [1.29, 1.82) is 0 Å². The second kappa shape index (κ2) is 4.43. The summed E-state index contributed by atoms with van der Waals surface area (Å²) in [7, 11) is 1.67. The SMILES string of the molecule is COCCOC1(C)[CH]C=CC=C1. The lowest BCUT2D eigenvalue weighted by Gasteiger charge is -2.26. The third-order valence-electron chi connectivity index (χ3n) is 1.78. The molecular weight excluding hydrogens is 152 g/mol. The van der Waals surface area contributed by atoms with Crippen LogP contribution < -0.4 is 0 Å². The minimum atomic E-state index is -0.243. The number of rotatable bonds is 4. The van der Waals surface area contributed by atoms with Gasteiger partial charge in [0.1, 0.15) is 0 Å². The lowest BCUT2D eigenvalue weighted by atomic mass is 9.98. The predicted octanol–water partition coefficient (Wildman–Crippen LogP) is 1.74. The van der Waals surface area contributed by atoms with E-state index in [1.54, 1.807) is 7.11 Å². The Morgan fingerprint density at radius 2 is 2.00 bits per heavy atom. The highest BCUT2D eigenvalue weighted by molar-refractivity contribution is 5.25. The van der Waals surface area contributed by atoms with Crippen LogP contribution in [-0.2, 0) is 9.47 Å². The van der Waals surface area contributed by atoms with Gasteiger partial charge in [-0.15, -0.1) is 0 Å². The summed E-state index contributed by atoms with van der Waals surface area (Å²) in [6.45, 7) is 3.30. The van der Waals surface area contributed by atoms with Crippen molar-refractivity contribution in [1.82, 2.24) is 0 Å². The van der Waals surface area contributed by atoms with Crippen LogP contribution in [0.25, 0.3) is 0 Å². The molecule has 0 aromatic carbocycles. The van der Waals surface area contributed by atoms with E-state index >= 15 is 0 Å². The van der Waals surface area contributed by atoms with Gasteiger partial charge in [0.05, 0.1) is 18.8 Å². The van der Waals surface area contributed by atoms with Gasteiger partial charge in [0, 0.05) is 13.5 Å². The fourth-order valence-electron chi connectivity index (χ4n) is 1.05. The first-order valence-corrected chi connectivity index (χ1v) is 4.10. The Morgan fingerprint density at radius 1 is 1.17 bits per heavy atom. The molecule has 0 aromatic rings. The maximum atomic E-state index is 5.59. The molecule has 2 heteroatoms. The number of methoxy groups -OCH3 is 1. The fraction of sp³-hybridized carbons (Fsp3) is 0.500. The largest absolute Gasteiger partial charge is 0.382 e. The maximum absolute atomic E-state index is 5.59. The van der Waals surface area contributed by atoms with Crippen molar-refractivity contribution in [2.75, 3.05) is 20.3 Å². The van der Waals surface area contributed by atoms with Gasteiger partial charge in [-0.2, -0.15) is 0 Å². The molecule has 1 rings (SSSR count). The average molecular weight is 167 g/mol. The summed E-state index contributed by atoms with van der Waals surface area (Å²) >= 11 is 0. The van der Waals surface area contributed by atoms with E-state index in [4.69, 9.17) is 9.47 Å². The summed E-state index contributed by atoms with van der Waals surface area (Å²) in [4.78, 5) is 0. The minimum Gasteiger partial charge on any atom is -0.382 e. The number of allylic oxidation sites excluding steroid dienone is 2. The van der Waals surface area contributed by atoms with Crippen LogP contribution >= 0.6 is 0 Å². The van der Waals surface area contributed by atoms with Crippen molar-refractivity contribution in [2.45, 2.75) is 12.5 Å². The van der Waals surface area contributed by atoms with Gasteiger partial charge in [0.25, 0.3) is 0 Å². The molecule has 0 saturated heterocycles. The Hall–Kier alpha value is -0.600. The molecule has 1 radical (unpaired) electrons. The van der Waals surface area contributed by atoms with Crippen LogP contribution in [0.15, 0.2) is 24.3 Å². The van der Waals surface area contributed by atoms with E-state index in [2.05, 4.69) is 0 Å². The van der Waals surface area contributed by atoms with Gasteiger partial charge in [-0.3, -0.25) is 0 Å². The van der Waals surface area contributed by atoms with Crippen LogP contribution in [0.5, 0.6) is 0 Å². The molecule has 0 saturated carbocycles. The molecule has 0 heterocycles. The van der Waals surface area contributed by atoms with Crippen LogP contribution in [0.2, 0.25) is 0 Å². The zero-order chi connectivity index (χ0) is 8.86. The molecule has 12 heavy (non-hydrogen) atoms. The fourth-order valence-corrected chi connectivity index (χ4v) is 1.05. The highest BCUT2D eigenvalue weighted by Crippen LogP contribution is 2.19. The van der Waals surface area contributed by atoms with Gasteiger partial charge in [0.15, 0.2) is 0 Å². The standard InChI is InChI=1S/C10H15O2/c1-10(12-9-8-11-2)6-4-3-5-7-10/h3-7H,8-9H2,1-2H3. The van der Waals surface area contributed by atoms with Crippen molar-refractivity contribution in [3.8, 4) is 0 Å².